The number of rotatable bonds is 5. The van der Waals surface area contributed by atoms with Crippen LogP contribution in [0.1, 0.15) is 17.3 Å². The predicted molar refractivity (Wildman–Crippen MR) is 67.9 cm³/mol. The molecule has 3 N–H and O–H groups in total. The number of carbonyl (C=O) groups excluding carboxylic acids is 1. The van der Waals surface area contributed by atoms with Gasteiger partial charge in [-0.1, -0.05) is 0 Å². The molecule has 3 nitrogen and oxygen atoms in total. The molecule has 0 unspecified atom stereocenters. The summed E-state index contributed by atoms with van der Waals surface area (Å²) in [7, 11) is 0. The standard InChI is InChI=1S/C11H13F3N2OS/c1-7(17)9-3-2-8(6-10(9)15)16-4-5-18-11(12,13)14/h2-3,6,16H,4-5,15H2,1H3. The number of benzene rings is 1. The molecule has 0 spiro atoms. The molecule has 1 aromatic rings. The highest BCUT2D eigenvalue weighted by Gasteiger charge is 2.27. The predicted octanol–water partition coefficient (Wildman–Crippen LogP) is 3.14. The lowest BCUT2D eigenvalue weighted by Gasteiger charge is -2.09. The zero-order chi connectivity index (χ0) is 13.8. The molecule has 0 aliphatic heterocycles. The molecule has 0 heterocycles. The van der Waals surface area contributed by atoms with Gasteiger partial charge in [-0.2, -0.15) is 13.2 Å². The van der Waals surface area contributed by atoms with Crippen molar-refractivity contribution in [1.82, 2.24) is 0 Å². The number of halogens is 3. The number of carbonyl (C=O) groups is 1. The van der Waals surface area contributed by atoms with Crippen LogP contribution in [0, 0.1) is 0 Å². The topological polar surface area (TPSA) is 55.1 Å². The number of nitrogens with one attached hydrogen (secondary N) is 1. The number of nitrogen functional groups attached to an aromatic ring is 1. The van der Waals surface area contributed by atoms with Crippen LogP contribution in [0.2, 0.25) is 0 Å². The van der Waals surface area contributed by atoms with E-state index in [4.69, 9.17) is 5.73 Å². The van der Waals surface area contributed by atoms with E-state index in [0.29, 0.717) is 16.9 Å². The van der Waals surface area contributed by atoms with Crippen molar-refractivity contribution in [3.8, 4) is 0 Å². The number of alkyl halides is 3. The number of ketones is 1. The van der Waals surface area contributed by atoms with Crippen LogP contribution in [0.3, 0.4) is 0 Å². The number of hydrogen-bond acceptors (Lipinski definition) is 4. The minimum atomic E-state index is -4.21. The van der Waals surface area contributed by atoms with Crippen molar-refractivity contribution in [2.75, 3.05) is 23.3 Å². The highest BCUT2D eigenvalue weighted by molar-refractivity contribution is 8.00. The fourth-order valence-corrected chi connectivity index (χ4v) is 1.79. The minimum Gasteiger partial charge on any atom is -0.398 e. The van der Waals surface area contributed by atoms with Gasteiger partial charge in [-0.3, -0.25) is 4.79 Å². The zero-order valence-corrected chi connectivity index (χ0v) is 10.5. The highest BCUT2D eigenvalue weighted by atomic mass is 32.2. The second-order valence-electron chi connectivity index (χ2n) is 3.58. The second kappa shape index (κ2) is 5.99. The average molecular weight is 278 g/mol. The molecule has 1 aromatic carbocycles. The second-order valence-corrected chi connectivity index (χ2v) is 4.74. The summed E-state index contributed by atoms with van der Waals surface area (Å²) in [5.41, 5.74) is 2.76. The van der Waals surface area contributed by atoms with Crippen LogP contribution in [0.5, 0.6) is 0 Å². The van der Waals surface area contributed by atoms with Gasteiger partial charge in [-0.25, -0.2) is 0 Å². The molecule has 0 atom stereocenters. The van der Waals surface area contributed by atoms with Crippen LogP contribution in [0.25, 0.3) is 0 Å². The van der Waals surface area contributed by atoms with Crippen molar-refractivity contribution in [3.05, 3.63) is 23.8 Å². The number of nitrogens with two attached hydrogens (primary N) is 1. The summed E-state index contributed by atoms with van der Waals surface area (Å²) in [6.07, 6.45) is 0. The Morgan fingerprint density at radius 2 is 2.11 bits per heavy atom. The van der Waals surface area contributed by atoms with Gasteiger partial charge in [0, 0.05) is 29.2 Å². The summed E-state index contributed by atoms with van der Waals surface area (Å²) in [6.45, 7) is 1.57. The van der Waals surface area contributed by atoms with E-state index in [9.17, 15) is 18.0 Å². The molecule has 100 valence electrons. The van der Waals surface area contributed by atoms with E-state index in [1.807, 2.05) is 0 Å². The van der Waals surface area contributed by atoms with Gasteiger partial charge in [0.1, 0.15) is 0 Å². The Labute approximate surface area is 107 Å². The minimum absolute atomic E-state index is 0.0828. The Bertz CT molecular complexity index is 435. The van der Waals surface area contributed by atoms with Crippen molar-refractivity contribution < 1.29 is 18.0 Å². The molecule has 18 heavy (non-hydrogen) atoms. The Morgan fingerprint density at radius 3 is 2.61 bits per heavy atom. The third-order valence-corrected chi connectivity index (χ3v) is 2.86. The quantitative estimate of drug-likeness (QED) is 0.493. The first-order valence-corrected chi connectivity index (χ1v) is 6.13. The van der Waals surface area contributed by atoms with E-state index < -0.39 is 5.51 Å². The molecular weight excluding hydrogens is 265 g/mol. The summed E-state index contributed by atoms with van der Waals surface area (Å²) in [5.74, 6) is -0.232. The molecule has 0 saturated heterocycles. The summed E-state index contributed by atoms with van der Waals surface area (Å²) in [5, 5.41) is 2.81. The van der Waals surface area contributed by atoms with Gasteiger partial charge in [0.2, 0.25) is 0 Å². The van der Waals surface area contributed by atoms with E-state index in [0.717, 1.165) is 0 Å². The Kier molecular flexibility index (Phi) is 4.89. The first-order chi connectivity index (χ1) is 8.29. The van der Waals surface area contributed by atoms with Crippen molar-refractivity contribution in [2.45, 2.75) is 12.4 Å². The summed E-state index contributed by atoms with van der Waals surface area (Å²) < 4.78 is 35.6. The fraction of sp³-hybridized carbons (Fsp3) is 0.364. The molecule has 7 heteroatoms. The van der Waals surface area contributed by atoms with Crippen molar-refractivity contribution in [3.63, 3.8) is 0 Å². The van der Waals surface area contributed by atoms with Gasteiger partial charge < -0.3 is 11.1 Å². The lowest BCUT2D eigenvalue weighted by atomic mass is 10.1. The number of thioether (sulfide) groups is 1. The van der Waals surface area contributed by atoms with Crippen LogP contribution in [-0.2, 0) is 0 Å². The molecule has 0 radical (unpaired) electrons. The van der Waals surface area contributed by atoms with Gasteiger partial charge in [0.25, 0.3) is 0 Å². The molecule has 0 fully saturated rings. The summed E-state index contributed by atoms with van der Waals surface area (Å²) in [4.78, 5) is 11.1. The van der Waals surface area contributed by atoms with Crippen LogP contribution >= 0.6 is 11.8 Å². The first-order valence-electron chi connectivity index (χ1n) is 5.14. The van der Waals surface area contributed by atoms with E-state index in [1.165, 1.54) is 13.0 Å². The van der Waals surface area contributed by atoms with Crippen LogP contribution in [0.15, 0.2) is 18.2 Å². The van der Waals surface area contributed by atoms with Crippen molar-refractivity contribution >= 4 is 28.9 Å². The lowest BCUT2D eigenvalue weighted by molar-refractivity contribution is -0.0327. The summed E-state index contributed by atoms with van der Waals surface area (Å²) in [6, 6.07) is 4.71. The molecule has 0 aliphatic carbocycles. The van der Waals surface area contributed by atoms with Gasteiger partial charge in [0.05, 0.1) is 0 Å². The number of anilines is 2. The average Bonchev–Trinajstić information content (AvgIpc) is 2.22. The summed E-state index contributed by atoms with van der Waals surface area (Å²) >= 11 is -0.0828. The monoisotopic (exact) mass is 278 g/mol. The SMILES string of the molecule is CC(=O)c1ccc(NCCSC(F)(F)F)cc1N. The Morgan fingerprint density at radius 1 is 1.44 bits per heavy atom. The third kappa shape index (κ3) is 4.87. The molecule has 0 aliphatic rings. The van der Waals surface area contributed by atoms with Gasteiger partial charge in [0.15, 0.2) is 5.78 Å². The van der Waals surface area contributed by atoms with E-state index in [1.54, 1.807) is 12.1 Å². The molecule has 0 saturated carbocycles. The third-order valence-electron chi connectivity index (χ3n) is 2.13. The highest BCUT2D eigenvalue weighted by Crippen LogP contribution is 2.29. The van der Waals surface area contributed by atoms with E-state index >= 15 is 0 Å². The van der Waals surface area contributed by atoms with Crippen LogP contribution in [-0.4, -0.2) is 23.6 Å². The number of Topliss-reactive ketones (excluding diaryl/α,β-unsaturated/α-hetero) is 1. The number of hydrogen-bond donors (Lipinski definition) is 2. The normalized spacial score (nSPS) is 11.3. The molecule has 0 amide bonds. The fourth-order valence-electron chi connectivity index (χ4n) is 1.36. The lowest BCUT2D eigenvalue weighted by Crippen LogP contribution is -2.10. The maximum absolute atomic E-state index is 11.9. The maximum Gasteiger partial charge on any atom is 0.441 e. The van der Waals surface area contributed by atoms with Crippen LogP contribution in [0.4, 0.5) is 24.5 Å². The van der Waals surface area contributed by atoms with Crippen molar-refractivity contribution in [2.24, 2.45) is 0 Å². The molecule has 1 rings (SSSR count). The van der Waals surface area contributed by atoms with E-state index in [-0.39, 0.29) is 29.8 Å². The van der Waals surface area contributed by atoms with Gasteiger partial charge in [-0.05, 0) is 36.9 Å². The van der Waals surface area contributed by atoms with Gasteiger partial charge >= 0.3 is 5.51 Å². The van der Waals surface area contributed by atoms with Gasteiger partial charge in [-0.15, -0.1) is 0 Å². The maximum atomic E-state index is 11.9. The first kappa shape index (κ1) is 14.7. The van der Waals surface area contributed by atoms with Crippen LogP contribution < -0.4 is 11.1 Å². The Balaban J connectivity index is 2.49. The molecule has 0 aromatic heterocycles. The largest absolute Gasteiger partial charge is 0.441 e. The Hall–Kier alpha value is -1.37. The zero-order valence-electron chi connectivity index (χ0n) is 9.67. The molecular formula is C11H13F3N2OS. The van der Waals surface area contributed by atoms with E-state index in [2.05, 4.69) is 5.32 Å². The smallest absolute Gasteiger partial charge is 0.398 e. The van der Waals surface area contributed by atoms with Crippen molar-refractivity contribution in [1.29, 1.82) is 0 Å². The molecule has 0 bridgehead atoms.